The van der Waals surface area contributed by atoms with Gasteiger partial charge in [0.25, 0.3) is 15.9 Å². The fraction of sp³-hybridized carbons (Fsp3) is 0.261. The van der Waals surface area contributed by atoms with Gasteiger partial charge in [-0.1, -0.05) is 0 Å². The third kappa shape index (κ3) is 7.22. The van der Waals surface area contributed by atoms with Gasteiger partial charge in [0.2, 0.25) is 0 Å². The molecule has 14 heteroatoms. The molecule has 2 heterocycles. The summed E-state index contributed by atoms with van der Waals surface area (Å²) in [5.74, 6) is -0.232. The van der Waals surface area contributed by atoms with Gasteiger partial charge in [0.1, 0.15) is 23.6 Å². The van der Waals surface area contributed by atoms with Crippen molar-refractivity contribution in [3.8, 4) is 11.5 Å². The van der Waals surface area contributed by atoms with Crippen LogP contribution in [-0.4, -0.2) is 68.3 Å². The van der Waals surface area contributed by atoms with Crippen LogP contribution in [-0.2, 0) is 14.8 Å². The number of ether oxygens (including phenoxy) is 2. The van der Waals surface area contributed by atoms with E-state index in [-0.39, 0.29) is 34.7 Å². The second-order valence-corrected chi connectivity index (χ2v) is 9.55. The Morgan fingerprint density at radius 1 is 0.946 bits per heavy atom. The van der Waals surface area contributed by atoms with Gasteiger partial charge in [-0.2, -0.15) is 0 Å². The van der Waals surface area contributed by atoms with Gasteiger partial charge in [0.15, 0.2) is 6.61 Å². The van der Waals surface area contributed by atoms with Crippen molar-refractivity contribution in [2.24, 2.45) is 0 Å². The number of nitrogens with one attached hydrogen (secondary N) is 1. The number of piperazine rings is 1. The molecular formula is C23H22F3N5O5S. The maximum Gasteiger partial charge on any atom is 0.573 e. The van der Waals surface area contributed by atoms with E-state index >= 15 is 0 Å². The lowest BCUT2D eigenvalue weighted by Gasteiger charge is -2.36. The van der Waals surface area contributed by atoms with Crippen LogP contribution < -0.4 is 19.1 Å². The molecule has 1 aliphatic rings. The molecule has 0 spiro atoms. The lowest BCUT2D eigenvalue weighted by atomic mass is 10.2. The molecule has 10 nitrogen and oxygen atoms in total. The molecule has 0 radical (unpaired) electrons. The zero-order valence-electron chi connectivity index (χ0n) is 19.3. The van der Waals surface area contributed by atoms with Crippen LogP contribution in [0.15, 0.2) is 72.0 Å². The molecule has 0 aliphatic carbocycles. The highest BCUT2D eigenvalue weighted by molar-refractivity contribution is 7.92. The van der Waals surface area contributed by atoms with Crippen molar-refractivity contribution in [2.45, 2.75) is 11.3 Å². The standard InChI is InChI=1S/C23H22F3N5O5S/c24-23(25,26)36-19-5-3-18(4-6-19)35-15-22(32)31-13-11-30(12-14-31)17-1-7-20(8-2-17)37(33,34)29-21-9-10-27-16-28-21/h1-10,16H,11-15H2,(H,27,28,29). The number of hydrogen-bond acceptors (Lipinski definition) is 8. The van der Waals surface area contributed by atoms with Gasteiger partial charge in [-0.05, 0) is 54.6 Å². The lowest BCUT2D eigenvalue weighted by molar-refractivity contribution is -0.274. The van der Waals surface area contributed by atoms with Crippen molar-refractivity contribution in [3.05, 3.63) is 67.1 Å². The predicted octanol–water partition coefficient (Wildman–Crippen LogP) is 2.90. The van der Waals surface area contributed by atoms with Gasteiger partial charge in [-0.15, -0.1) is 13.2 Å². The van der Waals surface area contributed by atoms with Gasteiger partial charge < -0.3 is 19.3 Å². The number of amides is 1. The predicted molar refractivity (Wildman–Crippen MR) is 127 cm³/mol. The molecule has 37 heavy (non-hydrogen) atoms. The van der Waals surface area contributed by atoms with Gasteiger partial charge >= 0.3 is 6.36 Å². The molecule has 1 fully saturated rings. The number of anilines is 2. The first-order valence-corrected chi connectivity index (χ1v) is 12.5. The zero-order valence-corrected chi connectivity index (χ0v) is 20.1. The van der Waals surface area contributed by atoms with Crippen molar-refractivity contribution in [2.75, 3.05) is 42.4 Å². The van der Waals surface area contributed by atoms with Crippen LogP contribution in [0.4, 0.5) is 24.7 Å². The van der Waals surface area contributed by atoms with Crippen molar-refractivity contribution < 1.29 is 35.9 Å². The molecule has 1 N–H and O–H groups in total. The summed E-state index contributed by atoms with van der Waals surface area (Å²) in [7, 11) is -3.80. The first-order valence-electron chi connectivity index (χ1n) is 11.0. The fourth-order valence-corrected chi connectivity index (χ4v) is 4.58. The van der Waals surface area contributed by atoms with E-state index in [1.807, 2.05) is 4.90 Å². The number of aromatic nitrogens is 2. The van der Waals surface area contributed by atoms with Crippen LogP contribution in [0, 0.1) is 0 Å². The first kappa shape index (κ1) is 26.0. The van der Waals surface area contributed by atoms with Crippen LogP contribution >= 0.6 is 0 Å². The van der Waals surface area contributed by atoms with Crippen molar-refractivity contribution in [1.82, 2.24) is 14.9 Å². The summed E-state index contributed by atoms with van der Waals surface area (Å²) >= 11 is 0. The molecule has 3 aromatic rings. The number of nitrogens with zero attached hydrogens (tertiary/aromatic N) is 4. The average Bonchev–Trinajstić information content (AvgIpc) is 2.88. The summed E-state index contributed by atoms with van der Waals surface area (Å²) in [6.07, 6.45) is -2.11. The number of benzene rings is 2. The number of halogens is 3. The number of carbonyl (C=O) groups is 1. The summed E-state index contributed by atoms with van der Waals surface area (Å²) in [6, 6.07) is 12.6. The van der Waals surface area contributed by atoms with E-state index < -0.39 is 16.4 Å². The molecule has 1 saturated heterocycles. The first-order chi connectivity index (χ1) is 17.6. The van der Waals surface area contributed by atoms with E-state index in [9.17, 15) is 26.4 Å². The highest BCUT2D eigenvalue weighted by Gasteiger charge is 2.31. The molecule has 1 aromatic heterocycles. The Morgan fingerprint density at radius 3 is 2.19 bits per heavy atom. The second-order valence-electron chi connectivity index (χ2n) is 7.87. The number of alkyl halides is 3. The second kappa shape index (κ2) is 10.9. The minimum absolute atomic E-state index is 0.0822. The largest absolute Gasteiger partial charge is 0.573 e. The van der Waals surface area contributed by atoms with Gasteiger partial charge in [0.05, 0.1) is 4.90 Å². The Bertz CT molecular complexity index is 1300. The lowest BCUT2D eigenvalue weighted by Crippen LogP contribution is -2.50. The number of carbonyl (C=O) groups excluding carboxylic acids is 1. The van der Waals surface area contributed by atoms with E-state index in [1.165, 1.54) is 42.9 Å². The smallest absolute Gasteiger partial charge is 0.484 e. The Hall–Kier alpha value is -4.07. The summed E-state index contributed by atoms with van der Waals surface area (Å²) < 4.78 is 73.4. The topological polar surface area (TPSA) is 114 Å². The van der Waals surface area contributed by atoms with Crippen LogP contribution in [0.3, 0.4) is 0 Å². The van der Waals surface area contributed by atoms with Crippen LogP contribution in [0.1, 0.15) is 0 Å². The van der Waals surface area contributed by atoms with Crippen molar-refractivity contribution >= 4 is 27.4 Å². The Morgan fingerprint density at radius 2 is 1.59 bits per heavy atom. The number of rotatable bonds is 8. The Kier molecular flexibility index (Phi) is 7.66. The molecule has 2 aromatic carbocycles. The third-order valence-corrected chi connectivity index (χ3v) is 6.76. The SMILES string of the molecule is O=C(COc1ccc(OC(F)(F)F)cc1)N1CCN(c2ccc(S(=O)(=O)Nc3ccncn3)cc2)CC1. The minimum atomic E-state index is -4.78. The minimum Gasteiger partial charge on any atom is -0.484 e. The summed E-state index contributed by atoms with van der Waals surface area (Å²) in [4.78, 5) is 23.8. The number of sulfonamides is 1. The van der Waals surface area contributed by atoms with E-state index in [0.29, 0.717) is 26.2 Å². The van der Waals surface area contributed by atoms with Gasteiger partial charge in [0, 0.05) is 38.1 Å². The number of hydrogen-bond donors (Lipinski definition) is 1. The van der Waals surface area contributed by atoms with Crippen molar-refractivity contribution in [3.63, 3.8) is 0 Å². The van der Waals surface area contributed by atoms with Gasteiger partial charge in [-0.25, -0.2) is 18.4 Å². The summed E-state index contributed by atoms with van der Waals surface area (Å²) in [5, 5.41) is 0. The molecule has 0 atom stereocenters. The highest BCUT2D eigenvalue weighted by atomic mass is 32.2. The Labute approximate surface area is 210 Å². The van der Waals surface area contributed by atoms with Crippen LogP contribution in [0.2, 0.25) is 0 Å². The molecular weight excluding hydrogens is 515 g/mol. The van der Waals surface area contributed by atoms with E-state index in [2.05, 4.69) is 19.4 Å². The fourth-order valence-electron chi connectivity index (χ4n) is 3.57. The molecule has 196 valence electrons. The maximum absolute atomic E-state index is 12.6. The third-order valence-electron chi connectivity index (χ3n) is 5.39. The quantitative estimate of drug-likeness (QED) is 0.467. The summed E-state index contributed by atoms with van der Waals surface area (Å²) in [6.45, 7) is 1.65. The maximum atomic E-state index is 12.6. The van der Waals surface area contributed by atoms with E-state index in [1.54, 1.807) is 17.0 Å². The Balaban J connectivity index is 1.25. The molecule has 0 saturated carbocycles. The highest BCUT2D eigenvalue weighted by Crippen LogP contribution is 2.25. The summed E-state index contributed by atoms with van der Waals surface area (Å²) in [5.41, 5.74) is 0.811. The van der Waals surface area contributed by atoms with Crippen molar-refractivity contribution in [1.29, 1.82) is 0 Å². The molecule has 0 unspecified atom stereocenters. The van der Waals surface area contributed by atoms with E-state index in [0.717, 1.165) is 17.8 Å². The van der Waals surface area contributed by atoms with Crippen LogP contribution in [0.25, 0.3) is 0 Å². The van der Waals surface area contributed by atoms with E-state index in [4.69, 9.17) is 4.74 Å². The molecule has 4 rings (SSSR count). The normalized spacial score (nSPS) is 14.2. The monoisotopic (exact) mass is 537 g/mol. The van der Waals surface area contributed by atoms with Crippen LogP contribution in [0.5, 0.6) is 11.5 Å². The average molecular weight is 538 g/mol. The molecule has 1 amide bonds. The van der Waals surface area contributed by atoms with Gasteiger partial charge in [-0.3, -0.25) is 9.52 Å². The molecule has 0 bridgehead atoms. The molecule has 1 aliphatic heterocycles. The zero-order chi connectivity index (χ0) is 26.5.